The number of nitrogens with one attached hydrogen (secondary N) is 1. The van der Waals surface area contributed by atoms with Crippen LogP contribution >= 0.6 is 0 Å². The van der Waals surface area contributed by atoms with Crippen LogP contribution in [-0.4, -0.2) is 5.11 Å². The number of benzene rings is 1. The molecule has 0 aliphatic carbocycles. The van der Waals surface area contributed by atoms with Gasteiger partial charge < -0.3 is 14.8 Å². The summed E-state index contributed by atoms with van der Waals surface area (Å²) in [5, 5.41) is 12.6. The monoisotopic (exact) mass is 217 g/mol. The molecule has 16 heavy (non-hydrogen) atoms. The van der Waals surface area contributed by atoms with E-state index in [0.29, 0.717) is 12.3 Å². The summed E-state index contributed by atoms with van der Waals surface area (Å²) in [5.41, 5.74) is 1.05. The Bertz CT molecular complexity index is 437. The first-order chi connectivity index (χ1) is 7.75. The van der Waals surface area contributed by atoms with E-state index in [0.717, 1.165) is 11.3 Å². The maximum atomic E-state index is 9.32. The zero-order chi connectivity index (χ0) is 11.4. The Morgan fingerprint density at radius 1 is 1.31 bits per heavy atom. The quantitative estimate of drug-likeness (QED) is 0.827. The van der Waals surface area contributed by atoms with Gasteiger partial charge in [-0.2, -0.15) is 0 Å². The average Bonchev–Trinajstić information content (AvgIpc) is 2.79. The van der Waals surface area contributed by atoms with Crippen molar-refractivity contribution in [1.29, 1.82) is 0 Å². The van der Waals surface area contributed by atoms with Crippen LogP contribution in [0.15, 0.2) is 47.1 Å². The van der Waals surface area contributed by atoms with Crippen LogP contribution in [0.4, 0.5) is 0 Å². The van der Waals surface area contributed by atoms with Gasteiger partial charge in [-0.1, -0.05) is 12.1 Å². The van der Waals surface area contributed by atoms with Gasteiger partial charge in [0.1, 0.15) is 11.5 Å². The molecule has 2 aromatic rings. The van der Waals surface area contributed by atoms with Crippen molar-refractivity contribution in [3.63, 3.8) is 0 Å². The predicted octanol–water partition coefficient (Wildman–Crippen LogP) is 2.84. The van der Waals surface area contributed by atoms with E-state index in [-0.39, 0.29) is 6.04 Å². The minimum Gasteiger partial charge on any atom is -0.508 e. The Labute approximate surface area is 94.7 Å². The molecule has 1 aromatic carbocycles. The van der Waals surface area contributed by atoms with Gasteiger partial charge in [0.2, 0.25) is 0 Å². The lowest BCUT2D eigenvalue weighted by Gasteiger charge is -2.11. The molecule has 0 spiro atoms. The summed E-state index contributed by atoms with van der Waals surface area (Å²) in [6.45, 7) is 2.75. The second-order valence-corrected chi connectivity index (χ2v) is 3.79. The van der Waals surface area contributed by atoms with Crippen molar-refractivity contribution < 1.29 is 9.52 Å². The second-order valence-electron chi connectivity index (χ2n) is 3.79. The molecule has 84 valence electrons. The second kappa shape index (κ2) is 4.86. The highest BCUT2D eigenvalue weighted by atomic mass is 16.3. The number of rotatable bonds is 4. The molecule has 0 fully saturated rings. The van der Waals surface area contributed by atoms with Crippen LogP contribution in [-0.2, 0) is 6.54 Å². The van der Waals surface area contributed by atoms with Crippen LogP contribution in [0.25, 0.3) is 0 Å². The van der Waals surface area contributed by atoms with Crippen molar-refractivity contribution >= 4 is 0 Å². The molecule has 3 heteroatoms. The predicted molar refractivity (Wildman–Crippen MR) is 62.1 cm³/mol. The Kier molecular flexibility index (Phi) is 3.27. The lowest BCUT2D eigenvalue weighted by Crippen LogP contribution is -2.17. The van der Waals surface area contributed by atoms with Crippen molar-refractivity contribution in [1.82, 2.24) is 5.32 Å². The van der Waals surface area contributed by atoms with Gasteiger partial charge in [0, 0.05) is 6.54 Å². The van der Waals surface area contributed by atoms with Gasteiger partial charge in [0.25, 0.3) is 0 Å². The number of phenols is 1. The van der Waals surface area contributed by atoms with E-state index in [1.54, 1.807) is 18.4 Å². The van der Waals surface area contributed by atoms with Gasteiger partial charge in [0.15, 0.2) is 0 Å². The first-order valence-electron chi connectivity index (χ1n) is 5.30. The summed E-state index contributed by atoms with van der Waals surface area (Å²) in [6.07, 6.45) is 1.67. The third-order valence-corrected chi connectivity index (χ3v) is 2.49. The number of hydrogen-bond donors (Lipinski definition) is 2. The molecule has 0 amide bonds. The molecule has 2 rings (SSSR count). The fraction of sp³-hybridized carbons (Fsp3) is 0.231. The van der Waals surface area contributed by atoms with Crippen molar-refractivity contribution in [2.24, 2.45) is 0 Å². The standard InChI is InChI=1S/C13H15NO2/c1-10(13-6-3-7-16-13)14-9-11-4-2-5-12(15)8-11/h2-8,10,14-15H,9H2,1H3/t10-/m1/s1. The summed E-state index contributed by atoms with van der Waals surface area (Å²) in [4.78, 5) is 0. The molecule has 0 saturated carbocycles. The Balaban J connectivity index is 1.92. The molecule has 2 N–H and O–H groups in total. The molecular formula is C13H15NO2. The highest BCUT2D eigenvalue weighted by Crippen LogP contribution is 2.15. The maximum absolute atomic E-state index is 9.32. The van der Waals surface area contributed by atoms with Crippen molar-refractivity contribution in [2.75, 3.05) is 0 Å². The fourth-order valence-electron chi connectivity index (χ4n) is 1.58. The van der Waals surface area contributed by atoms with Crippen LogP contribution in [0.3, 0.4) is 0 Å². The average molecular weight is 217 g/mol. The van der Waals surface area contributed by atoms with Crippen LogP contribution in [0.1, 0.15) is 24.3 Å². The molecule has 0 radical (unpaired) electrons. The molecule has 1 heterocycles. The minimum atomic E-state index is 0.164. The minimum absolute atomic E-state index is 0.164. The molecule has 0 aliphatic heterocycles. The lowest BCUT2D eigenvalue weighted by molar-refractivity contribution is 0.429. The first-order valence-corrected chi connectivity index (χ1v) is 5.30. The number of aromatic hydroxyl groups is 1. The molecule has 0 unspecified atom stereocenters. The summed E-state index contributed by atoms with van der Waals surface area (Å²) >= 11 is 0. The zero-order valence-electron chi connectivity index (χ0n) is 9.18. The van der Waals surface area contributed by atoms with E-state index in [4.69, 9.17) is 4.42 Å². The number of phenolic OH excluding ortho intramolecular Hbond substituents is 1. The van der Waals surface area contributed by atoms with Crippen molar-refractivity contribution in [3.05, 3.63) is 54.0 Å². The highest BCUT2D eigenvalue weighted by molar-refractivity contribution is 5.27. The van der Waals surface area contributed by atoms with E-state index in [2.05, 4.69) is 5.32 Å². The van der Waals surface area contributed by atoms with Gasteiger partial charge in [-0.05, 0) is 36.8 Å². The van der Waals surface area contributed by atoms with E-state index in [9.17, 15) is 5.11 Å². The first kappa shape index (κ1) is 10.8. The normalized spacial score (nSPS) is 12.6. The third kappa shape index (κ3) is 2.64. The topological polar surface area (TPSA) is 45.4 Å². The van der Waals surface area contributed by atoms with Crippen LogP contribution in [0.5, 0.6) is 5.75 Å². The Hall–Kier alpha value is -1.74. The molecule has 0 bridgehead atoms. The zero-order valence-corrected chi connectivity index (χ0v) is 9.18. The fourth-order valence-corrected chi connectivity index (χ4v) is 1.58. The van der Waals surface area contributed by atoms with Gasteiger partial charge >= 0.3 is 0 Å². The van der Waals surface area contributed by atoms with Crippen molar-refractivity contribution in [2.45, 2.75) is 19.5 Å². The SMILES string of the molecule is C[C@@H](NCc1cccc(O)c1)c1ccco1. The van der Waals surface area contributed by atoms with Gasteiger partial charge in [-0.3, -0.25) is 0 Å². The maximum Gasteiger partial charge on any atom is 0.120 e. The number of furan rings is 1. The van der Waals surface area contributed by atoms with E-state index in [1.165, 1.54) is 0 Å². The molecule has 3 nitrogen and oxygen atoms in total. The van der Waals surface area contributed by atoms with E-state index in [1.807, 2.05) is 31.2 Å². The molecule has 0 aliphatic rings. The summed E-state index contributed by atoms with van der Waals surface area (Å²) in [7, 11) is 0. The summed E-state index contributed by atoms with van der Waals surface area (Å²) < 4.78 is 5.30. The molecular weight excluding hydrogens is 202 g/mol. The van der Waals surface area contributed by atoms with Gasteiger partial charge in [0.05, 0.1) is 12.3 Å². The van der Waals surface area contributed by atoms with Crippen LogP contribution in [0, 0.1) is 0 Å². The summed E-state index contributed by atoms with van der Waals surface area (Å²) in [5.74, 6) is 1.21. The number of hydrogen-bond acceptors (Lipinski definition) is 3. The van der Waals surface area contributed by atoms with Crippen LogP contribution < -0.4 is 5.32 Å². The van der Waals surface area contributed by atoms with Gasteiger partial charge in [-0.15, -0.1) is 0 Å². The Morgan fingerprint density at radius 3 is 2.88 bits per heavy atom. The van der Waals surface area contributed by atoms with Crippen LogP contribution in [0.2, 0.25) is 0 Å². The van der Waals surface area contributed by atoms with E-state index < -0.39 is 0 Å². The summed E-state index contributed by atoms with van der Waals surface area (Å²) in [6, 6.07) is 11.2. The molecule has 1 atom stereocenters. The Morgan fingerprint density at radius 2 is 2.19 bits per heavy atom. The van der Waals surface area contributed by atoms with Gasteiger partial charge in [-0.25, -0.2) is 0 Å². The van der Waals surface area contributed by atoms with Crippen molar-refractivity contribution in [3.8, 4) is 5.75 Å². The highest BCUT2D eigenvalue weighted by Gasteiger charge is 2.06. The molecule has 1 aromatic heterocycles. The largest absolute Gasteiger partial charge is 0.508 e. The smallest absolute Gasteiger partial charge is 0.120 e. The third-order valence-electron chi connectivity index (χ3n) is 2.49. The van der Waals surface area contributed by atoms with E-state index >= 15 is 0 Å². The lowest BCUT2D eigenvalue weighted by atomic mass is 10.2. The molecule has 0 saturated heterocycles.